The molecule has 22 heavy (non-hydrogen) atoms. The monoisotopic (exact) mass is 302 g/mol. The number of carbonyl (C=O) groups excluding carboxylic acids is 1. The van der Waals surface area contributed by atoms with E-state index in [0.717, 1.165) is 43.3 Å². The maximum absolute atomic E-state index is 12.9. The van der Waals surface area contributed by atoms with Gasteiger partial charge in [-0.05, 0) is 38.7 Å². The quantitative estimate of drug-likeness (QED) is 0.938. The van der Waals surface area contributed by atoms with Gasteiger partial charge >= 0.3 is 0 Å². The third kappa shape index (κ3) is 2.59. The van der Waals surface area contributed by atoms with Gasteiger partial charge in [0.15, 0.2) is 0 Å². The molecule has 0 spiro atoms. The molecule has 1 aliphatic rings. The molecule has 0 radical (unpaired) electrons. The maximum Gasteiger partial charge on any atom is 0.257 e. The Labute approximate surface area is 129 Å². The minimum absolute atomic E-state index is 0.000321. The van der Waals surface area contributed by atoms with Crippen LogP contribution in [0.5, 0.6) is 0 Å². The van der Waals surface area contributed by atoms with Gasteiger partial charge in [0.1, 0.15) is 0 Å². The highest BCUT2D eigenvalue weighted by Gasteiger charge is 2.30. The number of hydrogen-bond acceptors (Lipinski definition) is 5. The topological polar surface area (TPSA) is 85.2 Å². The van der Waals surface area contributed by atoms with Crippen molar-refractivity contribution in [2.75, 3.05) is 6.54 Å². The van der Waals surface area contributed by atoms with Crippen molar-refractivity contribution in [3.8, 4) is 0 Å². The van der Waals surface area contributed by atoms with Crippen LogP contribution in [0.4, 0.5) is 0 Å². The molecular weight excluding hydrogens is 280 g/mol. The Morgan fingerprint density at radius 1 is 1.55 bits per heavy atom. The van der Waals surface area contributed by atoms with E-state index < -0.39 is 0 Å². The van der Waals surface area contributed by atoms with Crippen LogP contribution in [0.25, 0.3) is 11.1 Å². The number of piperidine rings is 1. The van der Waals surface area contributed by atoms with Gasteiger partial charge in [-0.25, -0.2) is 4.98 Å². The highest BCUT2D eigenvalue weighted by atomic mass is 16.5. The van der Waals surface area contributed by atoms with E-state index in [-0.39, 0.29) is 18.0 Å². The van der Waals surface area contributed by atoms with Crippen molar-refractivity contribution in [1.82, 2.24) is 15.0 Å². The van der Waals surface area contributed by atoms with Crippen LogP contribution >= 0.6 is 0 Å². The maximum atomic E-state index is 12.9. The van der Waals surface area contributed by atoms with Gasteiger partial charge in [-0.2, -0.15) is 0 Å². The second-order valence-corrected chi connectivity index (χ2v) is 5.98. The van der Waals surface area contributed by atoms with Crippen LogP contribution in [0.2, 0.25) is 0 Å². The predicted molar refractivity (Wildman–Crippen MR) is 83.5 cm³/mol. The largest absolute Gasteiger partial charge is 0.336 e. The van der Waals surface area contributed by atoms with Gasteiger partial charge in [-0.15, -0.1) is 0 Å². The number of aryl methyl sites for hydroxylation is 1. The van der Waals surface area contributed by atoms with Crippen LogP contribution in [0.15, 0.2) is 16.8 Å². The molecule has 6 heteroatoms. The van der Waals surface area contributed by atoms with E-state index in [1.165, 1.54) is 0 Å². The van der Waals surface area contributed by atoms with E-state index in [1.54, 1.807) is 6.20 Å². The average molecular weight is 302 g/mol. The van der Waals surface area contributed by atoms with Gasteiger partial charge in [0.2, 0.25) is 0 Å². The van der Waals surface area contributed by atoms with E-state index in [1.807, 2.05) is 24.8 Å². The lowest BCUT2D eigenvalue weighted by molar-refractivity contribution is 0.0583. The average Bonchev–Trinajstić information content (AvgIpc) is 2.96. The minimum Gasteiger partial charge on any atom is -0.336 e. The number of pyridine rings is 1. The van der Waals surface area contributed by atoms with Crippen LogP contribution in [-0.2, 0) is 6.42 Å². The number of carbonyl (C=O) groups is 1. The zero-order chi connectivity index (χ0) is 15.7. The van der Waals surface area contributed by atoms with E-state index in [0.29, 0.717) is 11.3 Å². The molecule has 3 heterocycles. The number of amides is 1. The number of nitrogens with zero attached hydrogens (tertiary/aromatic N) is 3. The molecule has 118 valence electrons. The summed E-state index contributed by atoms with van der Waals surface area (Å²) >= 11 is 0. The summed E-state index contributed by atoms with van der Waals surface area (Å²) in [6.45, 7) is 4.73. The molecule has 1 saturated heterocycles. The first-order valence-corrected chi connectivity index (χ1v) is 7.92. The Morgan fingerprint density at radius 2 is 2.36 bits per heavy atom. The summed E-state index contributed by atoms with van der Waals surface area (Å²) in [5.74, 6) is -0.000321. The van der Waals surface area contributed by atoms with Crippen molar-refractivity contribution in [3.63, 3.8) is 0 Å². The highest BCUT2D eigenvalue weighted by Crippen LogP contribution is 2.23. The lowest BCUT2D eigenvalue weighted by Gasteiger charge is -2.38. The van der Waals surface area contributed by atoms with Crippen LogP contribution < -0.4 is 5.73 Å². The molecule has 0 aliphatic carbocycles. The Hall–Kier alpha value is -1.95. The van der Waals surface area contributed by atoms with E-state index in [2.05, 4.69) is 10.1 Å². The molecular formula is C16H22N4O2. The number of aromatic nitrogens is 2. The van der Waals surface area contributed by atoms with Crippen molar-refractivity contribution >= 4 is 17.0 Å². The SMILES string of the molecule is CCc1noc2ncc(C(=O)N3CCCC[C@H]3[C@@H](C)N)cc12. The van der Waals surface area contributed by atoms with Gasteiger partial charge < -0.3 is 15.2 Å². The molecule has 1 fully saturated rings. The van der Waals surface area contributed by atoms with Crippen molar-refractivity contribution in [3.05, 3.63) is 23.5 Å². The number of nitrogens with two attached hydrogens (primary N) is 1. The first-order chi connectivity index (χ1) is 10.6. The van der Waals surface area contributed by atoms with Gasteiger partial charge in [-0.3, -0.25) is 4.79 Å². The zero-order valence-corrected chi connectivity index (χ0v) is 13.1. The van der Waals surface area contributed by atoms with Crippen LogP contribution in [-0.4, -0.2) is 39.6 Å². The van der Waals surface area contributed by atoms with E-state index in [9.17, 15) is 4.79 Å². The van der Waals surface area contributed by atoms with E-state index in [4.69, 9.17) is 10.3 Å². The molecule has 0 saturated carbocycles. The second kappa shape index (κ2) is 6.04. The number of likely N-dealkylation sites (tertiary alicyclic amines) is 1. The normalized spacial score (nSPS) is 20.3. The summed E-state index contributed by atoms with van der Waals surface area (Å²) in [6, 6.07) is 1.92. The molecule has 6 nitrogen and oxygen atoms in total. The smallest absolute Gasteiger partial charge is 0.257 e. The second-order valence-electron chi connectivity index (χ2n) is 5.98. The summed E-state index contributed by atoms with van der Waals surface area (Å²) < 4.78 is 5.17. The summed E-state index contributed by atoms with van der Waals surface area (Å²) in [5, 5.41) is 4.81. The van der Waals surface area contributed by atoms with E-state index >= 15 is 0 Å². The van der Waals surface area contributed by atoms with Gasteiger partial charge in [0.05, 0.1) is 16.6 Å². The molecule has 2 atom stereocenters. The summed E-state index contributed by atoms with van der Waals surface area (Å²) in [5.41, 5.74) is 7.96. The molecule has 1 amide bonds. The number of rotatable bonds is 3. The molecule has 0 unspecified atom stereocenters. The fourth-order valence-corrected chi connectivity index (χ4v) is 3.17. The van der Waals surface area contributed by atoms with Gasteiger partial charge in [0.25, 0.3) is 11.6 Å². The Balaban J connectivity index is 1.93. The van der Waals surface area contributed by atoms with Crippen molar-refractivity contribution < 1.29 is 9.32 Å². The minimum atomic E-state index is -0.0252. The molecule has 0 bridgehead atoms. The Kier molecular flexibility index (Phi) is 4.11. The van der Waals surface area contributed by atoms with Crippen LogP contribution in [0.1, 0.15) is 49.2 Å². The molecule has 3 rings (SSSR count). The van der Waals surface area contributed by atoms with Gasteiger partial charge in [0, 0.05) is 24.8 Å². The predicted octanol–water partition coefficient (Wildman–Crippen LogP) is 2.13. The summed E-state index contributed by atoms with van der Waals surface area (Å²) in [4.78, 5) is 19.0. The molecule has 0 aromatic carbocycles. The summed E-state index contributed by atoms with van der Waals surface area (Å²) in [7, 11) is 0. The fraction of sp³-hybridized carbons (Fsp3) is 0.562. The first kappa shape index (κ1) is 15.0. The van der Waals surface area contributed by atoms with Gasteiger partial charge in [-0.1, -0.05) is 12.1 Å². The third-order valence-electron chi connectivity index (χ3n) is 4.40. The first-order valence-electron chi connectivity index (χ1n) is 7.92. The molecule has 2 N–H and O–H groups in total. The van der Waals surface area contributed by atoms with Crippen molar-refractivity contribution in [2.45, 2.75) is 51.6 Å². The van der Waals surface area contributed by atoms with Crippen molar-refractivity contribution in [2.24, 2.45) is 5.73 Å². The van der Waals surface area contributed by atoms with Crippen LogP contribution in [0.3, 0.4) is 0 Å². The Bertz CT molecular complexity index is 680. The fourth-order valence-electron chi connectivity index (χ4n) is 3.17. The third-order valence-corrected chi connectivity index (χ3v) is 4.40. The van der Waals surface area contributed by atoms with Crippen LogP contribution in [0, 0.1) is 0 Å². The molecule has 1 aliphatic heterocycles. The molecule has 2 aromatic rings. The highest BCUT2D eigenvalue weighted by molar-refractivity contribution is 5.97. The lowest BCUT2D eigenvalue weighted by Crippen LogP contribution is -2.51. The summed E-state index contributed by atoms with van der Waals surface area (Å²) in [6.07, 6.45) is 5.43. The lowest BCUT2D eigenvalue weighted by atomic mass is 9.96. The number of hydrogen-bond donors (Lipinski definition) is 1. The Morgan fingerprint density at radius 3 is 3.09 bits per heavy atom. The zero-order valence-electron chi connectivity index (χ0n) is 13.1. The molecule has 2 aromatic heterocycles. The van der Waals surface area contributed by atoms with Crippen molar-refractivity contribution in [1.29, 1.82) is 0 Å². The standard InChI is InChI=1S/C16H22N4O2/c1-3-13-12-8-11(9-18-15(12)22-19-13)16(21)20-7-5-4-6-14(20)10(2)17/h8-10,14H,3-7,17H2,1-2H3/t10-,14+/m1/s1. The number of fused-ring (bicyclic) bond motifs is 1.